The smallest absolute Gasteiger partial charge is 0.182 e. The molecule has 2 atom stereocenters. The van der Waals surface area contributed by atoms with Crippen LogP contribution in [0.5, 0.6) is 0 Å². The fraction of sp³-hybridized carbons (Fsp3) is 0.333. The van der Waals surface area contributed by atoms with Gasteiger partial charge in [-0.15, -0.1) is 0 Å². The van der Waals surface area contributed by atoms with Gasteiger partial charge in [-0.3, -0.25) is 0 Å². The summed E-state index contributed by atoms with van der Waals surface area (Å²) in [4.78, 5) is 0. The molecule has 0 bridgehead atoms. The normalized spacial score (nSPS) is 28.8. The molecule has 0 radical (unpaired) electrons. The van der Waals surface area contributed by atoms with Crippen LogP contribution in [-0.2, 0) is 0 Å². The second kappa shape index (κ2) is 4.45. The molecule has 19 heavy (non-hydrogen) atoms. The first-order valence-electron chi connectivity index (χ1n) is 5.87. The molecular formula is C15H10N4. The number of allylic oxidation sites excluding steroid dienone is 6. The third-order valence-electron chi connectivity index (χ3n) is 3.90. The van der Waals surface area contributed by atoms with E-state index in [1.54, 1.807) is 18.2 Å². The van der Waals surface area contributed by atoms with Crippen LogP contribution in [0.4, 0.5) is 0 Å². The lowest BCUT2D eigenvalue weighted by atomic mass is 9.39. The number of hydrogen-bond acceptors (Lipinski definition) is 4. The number of hydrogen-bond donors (Lipinski definition) is 0. The van der Waals surface area contributed by atoms with Crippen LogP contribution in [-0.4, -0.2) is 0 Å². The van der Waals surface area contributed by atoms with Gasteiger partial charge in [0, 0.05) is 11.8 Å². The Morgan fingerprint density at radius 2 is 1.26 bits per heavy atom. The molecule has 0 aromatic heterocycles. The van der Waals surface area contributed by atoms with Crippen LogP contribution in [0, 0.1) is 68.0 Å². The minimum atomic E-state index is -1.60. The summed E-state index contributed by atoms with van der Waals surface area (Å²) in [6.07, 6.45) is 11.6. The van der Waals surface area contributed by atoms with Crippen LogP contribution in [0.15, 0.2) is 36.5 Å². The molecule has 2 rings (SSSR count). The average molecular weight is 246 g/mol. The second-order valence-corrected chi connectivity index (χ2v) is 4.59. The Morgan fingerprint density at radius 1 is 0.737 bits per heavy atom. The van der Waals surface area contributed by atoms with Crippen molar-refractivity contribution in [3.63, 3.8) is 0 Å². The lowest BCUT2D eigenvalue weighted by molar-refractivity contribution is 0.00684. The molecule has 0 saturated heterocycles. The van der Waals surface area contributed by atoms with Crippen LogP contribution in [0.2, 0.25) is 0 Å². The fourth-order valence-electron chi connectivity index (χ4n) is 2.84. The lowest BCUT2D eigenvalue weighted by Crippen LogP contribution is -2.62. The molecule has 0 aliphatic heterocycles. The zero-order valence-electron chi connectivity index (χ0n) is 10.1. The Balaban J connectivity index is 2.63. The van der Waals surface area contributed by atoms with E-state index in [0.29, 0.717) is 6.42 Å². The number of nitrogens with zero attached hydrogens (tertiary/aromatic N) is 4. The predicted octanol–water partition coefficient (Wildman–Crippen LogP) is 2.37. The summed E-state index contributed by atoms with van der Waals surface area (Å²) >= 11 is 0. The molecule has 1 saturated carbocycles. The first-order chi connectivity index (χ1) is 9.22. The van der Waals surface area contributed by atoms with E-state index in [1.165, 1.54) is 0 Å². The summed E-state index contributed by atoms with van der Waals surface area (Å²) in [5.74, 6) is -0.848. The zero-order chi connectivity index (χ0) is 13.9. The quantitative estimate of drug-likeness (QED) is 0.613. The maximum atomic E-state index is 9.36. The standard InChI is InChI=1S/C15H10N4/c16-8-14(9-17)12-6-4-2-1-3-5-7-13(12)15(14,10-18)11-19/h1-2,4-7,12-13H,3H2. The van der Waals surface area contributed by atoms with Gasteiger partial charge in [-0.25, -0.2) is 0 Å². The van der Waals surface area contributed by atoms with Crippen molar-refractivity contribution >= 4 is 0 Å². The summed E-state index contributed by atoms with van der Waals surface area (Å²) in [5, 5.41) is 37.4. The summed E-state index contributed by atoms with van der Waals surface area (Å²) < 4.78 is 0. The Kier molecular flexibility index (Phi) is 2.96. The van der Waals surface area contributed by atoms with E-state index in [2.05, 4.69) is 0 Å². The van der Waals surface area contributed by atoms with Crippen molar-refractivity contribution in [2.45, 2.75) is 6.42 Å². The van der Waals surface area contributed by atoms with Gasteiger partial charge >= 0.3 is 0 Å². The number of rotatable bonds is 0. The van der Waals surface area contributed by atoms with Crippen molar-refractivity contribution < 1.29 is 0 Å². The van der Waals surface area contributed by atoms with Crippen LogP contribution in [0.3, 0.4) is 0 Å². The average Bonchev–Trinajstić information content (AvgIpc) is 2.54. The Morgan fingerprint density at radius 3 is 1.79 bits per heavy atom. The molecular weight excluding hydrogens is 236 g/mol. The van der Waals surface area contributed by atoms with E-state index in [1.807, 2.05) is 42.5 Å². The molecule has 2 aliphatic rings. The van der Waals surface area contributed by atoms with Crippen LogP contribution >= 0.6 is 0 Å². The fourth-order valence-corrected chi connectivity index (χ4v) is 2.84. The maximum absolute atomic E-state index is 9.36. The minimum absolute atomic E-state index is 0.419. The van der Waals surface area contributed by atoms with Crippen molar-refractivity contribution in [3.8, 4) is 24.3 Å². The molecule has 0 aromatic rings. The van der Waals surface area contributed by atoms with Gasteiger partial charge in [0.1, 0.15) is 0 Å². The van der Waals surface area contributed by atoms with Gasteiger partial charge in [0.25, 0.3) is 0 Å². The monoisotopic (exact) mass is 246 g/mol. The summed E-state index contributed by atoms with van der Waals surface area (Å²) in [5.41, 5.74) is -3.19. The topological polar surface area (TPSA) is 95.2 Å². The van der Waals surface area contributed by atoms with Crippen molar-refractivity contribution in [2.75, 3.05) is 0 Å². The first-order valence-corrected chi connectivity index (χ1v) is 5.87. The highest BCUT2D eigenvalue weighted by atomic mass is 14.7. The maximum Gasteiger partial charge on any atom is 0.182 e. The lowest BCUT2D eigenvalue weighted by Gasteiger charge is -2.53. The Hall–Kier alpha value is -2.82. The van der Waals surface area contributed by atoms with E-state index < -0.39 is 22.7 Å². The highest BCUT2D eigenvalue weighted by Gasteiger charge is 2.74. The summed E-state index contributed by atoms with van der Waals surface area (Å²) in [6.45, 7) is 0. The van der Waals surface area contributed by atoms with E-state index in [0.717, 1.165) is 0 Å². The Labute approximate surface area is 111 Å². The first kappa shape index (κ1) is 12.6. The third kappa shape index (κ3) is 1.35. The Bertz CT molecular complexity index is 612. The van der Waals surface area contributed by atoms with Crippen molar-refractivity contribution in [2.24, 2.45) is 22.7 Å². The van der Waals surface area contributed by atoms with Crippen LogP contribution < -0.4 is 0 Å². The van der Waals surface area contributed by atoms with Crippen LogP contribution in [0.25, 0.3) is 0 Å². The molecule has 90 valence electrons. The van der Waals surface area contributed by atoms with Gasteiger partial charge in [-0.1, -0.05) is 36.5 Å². The molecule has 4 nitrogen and oxygen atoms in total. The van der Waals surface area contributed by atoms with Gasteiger partial charge in [-0.05, 0) is 6.42 Å². The molecule has 0 amide bonds. The summed E-state index contributed by atoms with van der Waals surface area (Å²) in [7, 11) is 0. The molecule has 0 heterocycles. The highest BCUT2D eigenvalue weighted by molar-refractivity contribution is 5.48. The van der Waals surface area contributed by atoms with Gasteiger partial charge in [-0.2, -0.15) is 21.0 Å². The molecule has 0 N–H and O–H groups in total. The molecule has 1 fully saturated rings. The van der Waals surface area contributed by atoms with Gasteiger partial charge in [0.15, 0.2) is 10.8 Å². The highest BCUT2D eigenvalue weighted by Crippen LogP contribution is 2.65. The predicted molar refractivity (Wildman–Crippen MR) is 66.3 cm³/mol. The van der Waals surface area contributed by atoms with Crippen molar-refractivity contribution in [1.29, 1.82) is 21.0 Å². The van der Waals surface area contributed by atoms with Gasteiger partial charge in [0.05, 0.1) is 24.3 Å². The minimum Gasteiger partial charge on any atom is -0.196 e. The van der Waals surface area contributed by atoms with Crippen molar-refractivity contribution in [3.05, 3.63) is 36.5 Å². The molecule has 0 spiro atoms. The van der Waals surface area contributed by atoms with E-state index in [4.69, 9.17) is 0 Å². The number of fused-ring (bicyclic) bond motifs is 1. The zero-order valence-corrected chi connectivity index (χ0v) is 10.1. The molecule has 2 unspecified atom stereocenters. The third-order valence-corrected chi connectivity index (χ3v) is 3.90. The molecule has 0 aromatic carbocycles. The van der Waals surface area contributed by atoms with Crippen LogP contribution in [0.1, 0.15) is 6.42 Å². The second-order valence-electron chi connectivity index (χ2n) is 4.59. The largest absolute Gasteiger partial charge is 0.196 e. The molecule has 2 aliphatic carbocycles. The van der Waals surface area contributed by atoms with Crippen molar-refractivity contribution in [1.82, 2.24) is 0 Å². The van der Waals surface area contributed by atoms with E-state index in [9.17, 15) is 21.0 Å². The van der Waals surface area contributed by atoms with E-state index in [-0.39, 0.29) is 0 Å². The summed E-state index contributed by atoms with van der Waals surface area (Å²) in [6, 6.07) is 7.65. The number of nitriles is 4. The van der Waals surface area contributed by atoms with Gasteiger partial charge in [0.2, 0.25) is 0 Å². The SMILES string of the molecule is N#CC1(C#N)C2C=CC=CCC=CC2C1(C#N)C#N. The molecule has 4 heteroatoms. The van der Waals surface area contributed by atoms with E-state index >= 15 is 0 Å². The van der Waals surface area contributed by atoms with Gasteiger partial charge < -0.3 is 0 Å².